The first-order chi connectivity index (χ1) is 17.3. The van der Waals surface area contributed by atoms with Crippen LogP contribution in [0.4, 0.5) is 19.1 Å². The molecule has 1 aliphatic heterocycles. The first kappa shape index (κ1) is 22.7. The number of rotatable bonds is 4. The fourth-order valence-corrected chi connectivity index (χ4v) is 4.50. The van der Waals surface area contributed by atoms with Crippen LogP contribution in [0.2, 0.25) is 0 Å². The van der Waals surface area contributed by atoms with Crippen LogP contribution in [0.15, 0.2) is 35.5 Å². The number of ether oxygens (including phenoxy) is 1. The van der Waals surface area contributed by atoms with Gasteiger partial charge in [-0.1, -0.05) is 0 Å². The zero-order valence-electron chi connectivity index (χ0n) is 19.5. The van der Waals surface area contributed by atoms with Crippen LogP contribution >= 0.6 is 0 Å². The van der Waals surface area contributed by atoms with Crippen LogP contribution in [-0.4, -0.2) is 48.7 Å². The van der Waals surface area contributed by atoms with Crippen LogP contribution in [0.1, 0.15) is 37.5 Å². The van der Waals surface area contributed by atoms with Crippen LogP contribution in [0.5, 0.6) is 0 Å². The molecule has 1 saturated heterocycles. The van der Waals surface area contributed by atoms with Crippen LogP contribution in [-0.2, 0) is 11.8 Å². The van der Waals surface area contributed by atoms with Gasteiger partial charge < -0.3 is 9.64 Å². The lowest BCUT2D eigenvalue weighted by Crippen LogP contribution is -2.43. The molecule has 2 fully saturated rings. The molecule has 36 heavy (non-hydrogen) atoms. The highest BCUT2D eigenvalue weighted by atomic mass is 19.2. The van der Waals surface area contributed by atoms with Gasteiger partial charge in [0, 0.05) is 37.0 Å². The molecule has 0 bridgehead atoms. The highest BCUT2D eigenvalue weighted by Gasteiger charge is 2.32. The molecule has 186 valence electrons. The van der Waals surface area contributed by atoms with E-state index in [-0.39, 0.29) is 40.3 Å². The smallest absolute Gasteiger partial charge is 0.293 e. The summed E-state index contributed by atoms with van der Waals surface area (Å²) in [6.07, 6.45) is 6.74. The minimum absolute atomic E-state index is 0.00567. The Kier molecular flexibility index (Phi) is 5.29. The third kappa shape index (κ3) is 3.91. The molecule has 2 atom stereocenters. The minimum atomic E-state index is -1.32. The largest absolute Gasteiger partial charge is 0.367 e. The topological polar surface area (TPSA) is 91.0 Å². The van der Waals surface area contributed by atoms with Gasteiger partial charge in [0.05, 0.1) is 42.2 Å². The maximum Gasteiger partial charge on any atom is 0.293 e. The normalized spacial score (nSPS) is 20.3. The minimum Gasteiger partial charge on any atom is -0.367 e. The second kappa shape index (κ2) is 8.40. The second-order valence-electron chi connectivity index (χ2n) is 9.28. The van der Waals surface area contributed by atoms with E-state index in [9.17, 15) is 18.0 Å². The van der Waals surface area contributed by atoms with Crippen LogP contribution < -0.4 is 10.5 Å². The molecule has 1 aromatic carbocycles. The first-order valence-corrected chi connectivity index (χ1v) is 11.6. The van der Waals surface area contributed by atoms with E-state index in [1.54, 1.807) is 6.20 Å². The Morgan fingerprint density at radius 2 is 1.78 bits per heavy atom. The fourth-order valence-electron chi connectivity index (χ4n) is 4.50. The van der Waals surface area contributed by atoms with Gasteiger partial charge in [0.1, 0.15) is 17.4 Å². The summed E-state index contributed by atoms with van der Waals surface area (Å²) >= 11 is 0. The molecule has 0 spiro atoms. The molecule has 4 aromatic rings. The van der Waals surface area contributed by atoms with Crippen molar-refractivity contribution in [3.05, 3.63) is 64.1 Å². The average molecular weight is 497 g/mol. The van der Waals surface area contributed by atoms with Crippen LogP contribution in [0.25, 0.3) is 22.2 Å². The quantitative estimate of drug-likeness (QED) is 0.400. The van der Waals surface area contributed by atoms with E-state index in [4.69, 9.17) is 4.74 Å². The number of morpholine rings is 1. The summed E-state index contributed by atoms with van der Waals surface area (Å²) in [5.74, 6) is -3.41. The van der Waals surface area contributed by atoms with Gasteiger partial charge in [0.25, 0.3) is 5.56 Å². The Morgan fingerprint density at radius 3 is 2.56 bits per heavy atom. The van der Waals surface area contributed by atoms with Gasteiger partial charge in [-0.05, 0) is 25.8 Å². The Bertz CT molecular complexity index is 1550. The van der Waals surface area contributed by atoms with Gasteiger partial charge in [-0.15, -0.1) is 0 Å². The van der Waals surface area contributed by atoms with E-state index >= 15 is 0 Å². The molecule has 0 amide bonds. The van der Waals surface area contributed by atoms with Crippen molar-refractivity contribution in [2.45, 2.75) is 38.0 Å². The number of fused-ring (bicyclic) bond motifs is 1. The van der Waals surface area contributed by atoms with Gasteiger partial charge in [0.2, 0.25) is 5.95 Å². The van der Waals surface area contributed by atoms with E-state index < -0.39 is 23.0 Å². The molecule has 12 heteroatoms. The number of hydrogen-bond acceptors (Lipinski definition) is 7. The van der Waals surface area contributed by atoms with Crippen molar-refractivity contribution in [3.63, 3.8) is 0 Å². The van der Waals surface area contributed by atoms with E-state index in [2.05, 4.69) is 20.2 Å². The molecule has 6 rings (SSSR count). The summed E-state index contributed by atoms with van der Waals surface area (Å²) < 4.78 is 51.7. The van der Waals surface area contributed by atoms with E-state index in [1.807, 2.05) is 22.7 Å². The summed E-state index contributed by atoms with van der Waals surface area (Å²) in [5, 5.41) is 8.56. The molecule has 2 aliphatic rings. The summed E-state index contributed by atoms with van der Waals surface area (Å²) in [6.45, 7) is 2.67. The Hall–Kier alpha value is -3.80. The molecule has 1 saturated carbocycles. The number of hydrogen-bond donors (Lipinski definition) is 0. The molecule has 0 N–H and O–H groups in total. The molecule has 1 aliphatic carbocycles. The molecular weight excluding hydrogens is 475 g/mol. The molecule has 4 heterocycles. The standard InChI is InChI=1S/C24H22F3N7O2/c1-12-9-33(11-20(36-12)13-7-29-34(10-13)14-3-4-14)24-30-21(15-5-18(26)19(27)6-17(15)25)16-8-28-32(2)23(35)22(16)31-24/h5-8,10,12,14,20H,3-4,9,11H2,1-2H3. The Balaban J connectivity index is 1.46. The molecule has 9 nitrogen and oxygen atoms in total. The molecule has 3 aromatic heterocycles. The number of aryl methyl sites for hydroxylation is 1. The van der Waals surface area contributed by atoms with Gasteiger partial charge in [-0.25, -0.2) is 27.8 Å². The SMILES string of the molecule is CC1CN(c2nc(-c3cc(F)c(F)cc3F)c3cnn(C)c(=O)c3n2)CC(c2cnn(C3CC3)c2)O1. The van der Waals surface area contributed by atoms with E-state index in [1.165, 1.54) is 13.2 Å². The zero-order valence-corrected chi connectivity index (χ0v) is 19.5. The molecule has 0 radical (unpaired) electrons. The maximum absolute atomic E-state index is 14.8. The summed E-state index contributed by atoms with van der Waals surface area (Å²) in [5.41, 5.74) is 0.0408. The van der Waals surface area contributed by atoms with Crippen molar-refractivity contribution in [1.82, 2.24) is 29.5 Å². The lowest BCUT2D eigenvalue weighted by atomic mass is 10.1. The predicted octanol–water partition coefficient (Wildman–Crippen LogP) is 3.31. The van der Waals surface area contributed by atoms with Crippen LogP contribution in [0.3, 0.4) is 0 Å². The average Bonchev–Trinajstić information content (AvgIpc) is 3.59. The predicted molar refractivity (Wildman–Crippen MR) is 124 cm³/mol. The van der Waals surface area contributed by atoms with E-state index in [0.29, 0.717) is 25.2 Å². The summed E-state index contributed by atoms with van der Waals surface area (Å²) in [4.78, 5) is 23.8. The highest BCUT2D eigenvalue weighted by Crippen LogP contribution is 2.36. The number of halogens is 3. The van der Waals surface area contributed by atoms with Gasteiger partial charge >= 0.3 is 0 Å². The summed E-state index contributed by atoms with van der Waals surface area (Å²) in [6, 6.07) is 1.61. The number of aromatic nitrogens is 6. The molecule has 2 unspecified atom stereocenters. The van der Waals surface area contributed by atoms with Crippen LogP contribution in [0, 0.1) is 17.5 Å². The van der Waals surface area contributed by atoms with E-state index in [0.717, 1.165) is 29.2 Å². The zero-order chi connectivity index (χ0) is 25.1. The van der Waals surface area contributed by atoms with Crippen molar-refractivity contribution in [1.29, 1.82) is 0 Å². The molecular formula is C24H22F3N7O2. The van der Waals surface area contributed by atoms with Crippen molar-refractivity contribution in [2.24, 2.45) is 7.05 Å². The lowest BCUT2D eigenvalue weighted by Gasteiger charge is -2.36. The van der Waals surface area contributed by atoms with Crippen molar-refractivity contribution >= 4 is 16.9 Å². The number of anilines is 1. The van der Waals surface area contributed by atoms with Crippen molar-refractivity contribution in [3.8, 4) is 11.3 Å². The third-order valence-electron chi connectivity index (χ3n) is 6.51. The third-order valence-corrected chi connectivity index (χ3v) is 6.51. The fraction of sp³-hybridized carbons (Fsp3) is 0.375. The highest BCUT2D eigenvalue weighted by molar-refractivity contribution is 5.92. The lowest BCUT2D eigenvalue weighted by molar-refractivity contribution is -0.0178. The Morgan fingerprint density at radius 1 is 1.00 bits per heavy atom. The maximum atomic E-state index is 14.8. The van der Waals surface area contributed by atoms with Gasteiger partial charge in [-0.2, -0.15) is 10.2 Å². The van der Waals surface area contributed by atoms with Crippen molar-refractivity contribution < 1.29 is 17.9 Å². The van der Waals surface area contributed by atoms with Gasteiger partial charge in [-0.3, -0.25) is 9.48 Å². The monoisotopic (exact) mass is 497 g/mol. The second-order valence-corrected chi connectivity index (χ2v) is 9.28. The number of benzene rings is 1. The summed E-state index contributed by atoms with van der Waals surface area (Å²) in [7, 11) is 1.46. The Labute approximate surface area is 203 Å². The van der Waals surface area contributed by atoms with Crippen molar-refractivity contribution in [2.75, 3.05) is 18.0 Å². The van der Waals surface area contributed by atoms with Gasteiger partial charge in [0.15, 0.2) is 11.6 Å². The first-order valence-electron chi connectivity index (χ1n) is 11.6. The number of nitrogens with zero attached hydrogens (tertiary/aromatic N) is 7.